The summed E-state index contributed by atoms with van der Waals surface area (Å²) in [4.78, 5) is 11.9. The summed E-state index contributed by atoms with van der Waals surface area (Å²) < 4.78 is 12.6. The average Bonchev–Trinajstić information content (AvgIpc) is 3.23. The van der Waals surface area contributed by atoms with Crippen LogP contribution in [0.25, 0.3) is 6.08 Å². The van der Waals surface area contributed by atoms with Crippen molar-refractivity contribution in [2.75, 3.05) is 13.2 Å². The van der Waals surface area contributed by atoms with Crippen molar-refractivity contribution in [1.29, 1.82) is 0 Å². The zero-order valence-electron chi connectivity index (χ0n) is 15.1. The number of nitrogens with zero attached hydrogens (tertiary/aromatic N) is 2. The SMILES string of the molecule is Cc1nn(Cc2ccccc2Cl)c(C)c1/C=C/C(=O)OCC1CCCO1. The summed E-state index contributed by atoms with van der Waals surface area (Å²) in [5, 5.41) is 5.29. The lowest BCUT2D eigenvalue weighted by Gasteiger charge is -2.08. The van der Waals surface area contributed by atoms with Gasteiger partial charge < -0.3 is 9.47 Å². The molecule has 1 aromatic carbocycles. The molecule has 0 radical (unpaired) electrons. The van der Waals surface area contributed by atoms with Crippen LogP contribution in [0.3, 0.4) is 0 Å². The number of carbonyl (C=O) groups is 1. The molecule has 0 spiro atoms. The molecule has 5 nitrogen and oxygen atoms in total. The van der Waals surface area contributed by atoms with Gasteiger partial charge in [0, 0.05) is 29.0 Å². The standard InChI is InChI=1S/C20H23ClN2O3/c1-14-18(9-10-20(24)26-13-17-7-5-11-25-17)15(2)23(22-14)12-16-6-3-4-8-19(16)21/h3-4,6,8-10,17H,5,7,11-13H2,1-2H3/b10-9+. The Bertz CT molecular complexity index is 807. The summed E-state index contributed by atoms with van der Waals surface area (Å²) in [7, 11) is 0. The minimum atomic E-state index is -0.363. The number of aromatic nitrogens is 2. The third-order valence-corrected chi connectivity index (χ3v) is 4.91. The van der Waals surface area contributed by atoms with Crippen LogP contribution in [0.15, 0.2) is 30.3 Å². The van der Waals surface area contributed by atoms with Crippen LogP contribution in [-0.2, 0) is 20.8 Å². The molecule has 0 saturated carbocycles. The van der Waals surface area contributed by atoms with Crippen LogP contribution < -0.4 is 0 Å². The highest BCUT2D eigenvalue weighted by Crippen LogP contribution is 2.20. The Kier molecular flexibility index (Phi) is 6.12. The Labute approximate surface area is 158 Å². The Morgan fingerprint density at radius 1 is 1.42 bits per heavy atom. The lowest BCUT2D eigenvalue weighted by molar-refractivity contribution is -0.140. The molecule has 3 rings (SSSR count). The molecule has 2 heterocycles. The lowest BCUT2D eigenvalue weighted by Crippen LogP contribution is -2.16. The molecule has 6 heteroatoms. The minimum absolute atomic E-state index is 0.0363. The molecule has 0 bridgehead atoms. The number of halogens is 1. The molecule has 1 fully saturated rings. The van der Waals surface area contributed by atoms with Gasteiger partial charge in [0.2, 0.25) is 0 Å². The van der Waals surface area contributed by atoms with Gasteiger partial charge in [0.15, 0.2) is 0 Å². The number of esters is 1. The summed E-state index contributed by atoms with van der Waals surface area (Å²) in [5.74, 6) is -0.363. The molecule has 0 amide bonds. The summed E-state index contributed by atoms with van der Waals surface area (Å²) in [6.45, 7) is 5.55. The Balaban J connectivity index is 1.65. The van der Waals surface area contributed by atoms with Crippen LogP contribution in [0.5, 0.6) is 0 Å². The molecule has 0 aliphatic carbocycles. The quantitative estimate of drug-likeness (QED) is 0.567. The van der Waals surface area contributed by atoms with Crippen LogP contribution in [0.1, 0.15) is 35.4 Å². The molecule has 1 unspecified atom stereocenters. The molecule has 1 aliphatic heterocycles. The van der Waals surface area contributed by atoms with Gasteiger partial charge in [-0.15, -0.1) is 0 Å². The Hall–Kier alpha value is -2.11. The Morgan fingerprint density at radius 2 is 2.23 bits per heavy atom. The number of aryl methyl sites for hydroxylation is 1. The molecular formula is C20H23ClN2O3. The van der Waals surface area contributed by atoms with E-state index in [1.165, 1.54) is 6.08 Å². The van der Waals surface area contributed by atoms with E-state index in [0.717, 1.165) is 47.0 Å². The van der Waals surface area contributed by atoms with Crippen LogP contribution >= 0.6 is 11.6 Å². The predicted octanol–water partition coefficient (Wildman–Crippen LogP) is 3.94. The van der Waals surface area contributed by atoms with E-state index >= 15 is 0 Å². The molecule has 1 atom stereocenters. The molecule has 26 heavy (non-hydrogen) atoms. The number of carbonyl (C=O) groups excluding carboxylic acids is 1. The van der Waals surface area contributed by atoms with E-state index in [9.17, 15) is 4.79 Å². The summed E-state index contributed by atoms with van der Waals surface area (Å²) in [6, 6.07) is 7.71. The van der Waals surface area contributed by atoms with Crippen molar-refractivity contribution in [3.8, 4) is 0 Å². The first kappa shape index (κ1) is 18.7. The van der Waals surface area contributed by atoms with Crippen LogP contribution in [0, 0.1) is 13.8 Å². The van der Waals surface area contributed by atoms with E-state index in [2.05, 4.69) is 5.10 Å². The highest BCUT2D eigenvalue weighted by atomic mass is 35.5. The van der Waals surface area contributed by atoms with Gasteiger partial charge in [-0.25, -0.2) is 4.79 Å². The zero-order valence-corrected chi connectivity index (χ0v) is 15.8. The largest absolute Gasteiger partial charge is 0.460 e. The maximum atomic E-state index is 11.9. The third-order valence-electron chi connectivity index (χ3n) is 4.54. The van der Waals surface area contributed by atoms with Gasteiger partial charge in [0.05, 0.1) is 18.3 Å². The molecule has 0 N–H and O–H groups in total. The minimum Gasteiger partial charge on any atom is -0.460 e. The third kappa shape index (κ3) is 4.54. The van der Waals surface area contributed by atoms with E-state index in [1.54, 1.807) is 6.08 Å². The van der Waals surface area contributed by atoms with Gasteiger partial charge in [0.25, 0.3) is 0 Å². The normalized spacial score (nSPS) is 17.1. The topological polar surface area (TPSA) is 53.4 Å². The highest BCUT2D eigenvalue weighted by molar-refractivity contribution is 6.31. The maximum Gasteiger partial charge on any atom is 0.330 e. The summed E-state index contributed by atoms with van der Waals surface area (Å²) >= 11 is 6.24. The molecule has 1 aromatic heterocycles. The van der Waals surface area contributed by atoms with E-state index in [0.29, 0.717) is 13.2 Å². The monoisotopic (exact) mass is 374 g/mol. The first-order chi connectivity index (χ1) is 12.5. The van der Waals surface area contributed by atoms with E-state index in [-0.39, 0.29) is 12.1 Å². The van der Waals surface area contributed by atoms with Gasteiger partial charge >= 0.3 is 5.97 Å². The van der Waals surface area contributed by atoms with Crippen molar-refractivity contribution in [3.05, 3.63) is 57.9 Å². The number of ether oxygens (including phenoxy) is 2. The van der Waals surface area contributed by atoms with E-state index in [1.807, 2.05) is 42.8 Å². The fraction of sp³-hybridized carbons (Fsp3) is 0.400. The van der Waals surface area contributed by atoms with Gasteiger partial charge in [-0.1, -0.05) is 29.8 Å². The number of rotatable bonds is 6. The first-order valence-corrected chi connectivity index (χ1v) is 9.16. The predicted molar refractivity (Wildman–Crippen MR) is 101 cm³/mol. The molecule has 1 saturated heterocycles. The number of hydrogen-bond acceptors (Lipinski definition) is 4. The van der Waals surface area contributed by atoms with Crippen LogP contribution in [0.2, 0.25) is 5.02 Å². The van der Waals surface area contributed by atoms with Crippen LogP contribution in [0.4, 0.5) is 0 Å². The molecule has 138 valence electrons. The molecular weight excluding hydrogens is 352 g/mol. The molecule has 2 aromatic rings. The van der Waals surface area contributed by atoms with E-state index in [4.69, 9.17) is 21.1 Å². The van der Waals surface area contributed by atoms with E-state index < -0.39 is 0 Å². The van der Waals surface area contributed by atoms with Crippen molar-refractivity contribution in [2.24, 2.45) is 0 Å². The zero-order chi connectivity index (χ0) is 18.5. The lowest BCUT2D eigenvalue weighted by atomic mass is 10.1. The number of hydrogen-bond donors (Lipinski definition) is 0. The smallest absolute Gasteiger partial charge is 0.330 e. The van der Waals surface area contributed by atoms with Gasteiger partial charge in [-0.3, -0.25) is 4.68 Å². The first-order valence-electron chi connectivity index (χ1n) is 8.78. The second-order valence-corrected chi connectivity index (χ2v) is 6.84. The van der Waals surface area contributed by atoms with Crippen molar-refractivity contribution in [2.45, 2.75) is 39.3 Å². The summed E-state index contributed by atoms with van der Waals surface area (Å²) in [5.41, 5.74) is 3.76. The number of benzene rings is 1. The summed E-state index contributed by atoms with van der Waals surface area (Å²) in [6.07, 6.45) is 5.23. The van der Waals surface area contributed by atoms with Gasteiger partial charge in [-0.05, 0) is 44.4 Å². The van der Waals surface area contributed by atoms with Crippen molar-refractivity contribution in [1.82, 2.24) is 9.78 Å². The average molecular weight is 375 g/mol. The molecule has 1 aliphatic rings. The van der Waals surface area contributed by atoms with Crippen molar-refractivity contribution in [3.63, 3.8) is 0 Å². The van der Waals surface area contributed by atoms with Gasteiger partial charge in [-0.2, -0.15) is 5.10 Å². The van der Waals surface area contributed by atoms with Gasteiger partial charge in [0.1, 0.15) is 6.61 Å². The Morgan fingerprint density at radius 3 is 2.96 bits per heavy atom. The fourth-order valence-electron chi connectivity index (χ4n) is 3.04. The fourth-order valence-corrected chi connectivity index (χ4v) is 3.24. The highest BCUT2D eigenvalue weighted by Gasteiger charge is 2.17. The second kappa shape index (κ2) is 8.52. The van der Waals surface area contributed by atoms with Crippen molar-refractivity contribution < 1.29 is 14.3 Å². The second-order valence-electron chi connectivity index (χ2n) is 6.43. The van der Waals surface area contributed by atoms with Crippen LogP contribution in [-0.4, -0.2) is 35.1 Å². The van der Waals surface area contributed by atoms with Crippen molar-refractivity contribution >= 4 is 23.6 Å². The maximum absolute atomic E-state index is 11.9.